The molecule has 0 aliphatic heterocycles. The van der Waals surface area contributed by atoms with Crippen molar-refractivity contribution in [3.8, 4) is 0 Å². The van der Waals surface area contributed by atoms with Crippen LogP contribution in [0.2, 0.25) is 0 Å². The highest BCUT2D eigenvalue weighted by Gasteiger charge is 2.00. The molecule has 0 rings (SSSR count). The molecule has 0 aliphatic carbocycles. The first-order valence-electron chi connectivity index (χ1n) is 3.23. The van der Waals surface area contributed by atoms with Gasteiger partial charge in [-0.1, -0.05) is 27.7 Å². The van der Waals surface area contributed by atoms with Crippen molar-refractivity contribution in [1.82, 2.24) is 4.31 Å². The Balaban J connectivity index is -0.000000140. The first kappa shape index (κ1) is 17.1. The maximum absolute atomic E-state index is 10.3. The number of nitrogens with zero attached hydrogens (tertiary/aromatic N) is 1. The van der Waals surface area contributed by atoms with Gasteiger partial charge >= 0.3 is 0 Å². The van der Waals surface area contributed by atoms with Gasteiger partial charge in [-0.15, -0.1) is 0 Å². The summed E-state index contributed by atoms with van der Waals surface area (Å²) in [6.45, 7) is 4.25. The van der Waals surface area contributed by atoms with Gasteiger partial charge in [0.1, 0.15) is 0 Å². The molecule has 0 aromatic carbocycles. The molecule has 4 heteroatoms. The molecule has 0 unspecified atom stereocenters. The predicted molar refractivity (Wildman–Crippen MR) is 51.2 cm³/mol. The lowest BCUT2D eigenvalue weighted by atomic mass is 10.6. The molecular formula is C7H21NO2S. The van der Waals surface area contributed by atoms with Crippen molar-refractivity contribution in [3.63, 3.8) is 0 Å². The van der Waals surface area contributed by atoms with Gasteiger partial charge in [0.15, 0.2) is 0 Å². The van der Waals surface area contributed by atoms with Crippen LogP contribution in [0.5, 0.6) is 0 Å². The summed E-state index contributed by atoms with van der Waals surface area (Å²) in [6, 6.07) is 0. The Morgan fingerprint density at radius 3 is 1.27 bits per heavy atom. The smallest absolute Gasteiger partial charge is 0.210 e. The van der Waals surface area contributed by atoms with Gasteiger partial charge in [0.25, 0.3) is 0 Å². The predicted octanol–water partition coefficient (Wildman–Crippen LogP) is 1.56. The third-order valence-corrected chi connectivity index (χ3v) is 1.99. The van der Waals surface area contributed by atoms with Gasteiger partial charge < -0.3 is 0 Å². The summed E-state index contributed by atoms with van der Waals surface area (Å²) >= 11 is 0. The van der Waals surface area contributed by atoms with Crippen molar-refractivity contribution in [1.29, 1.82) is 0 Å². The molecule has 0 aliphatic rings. The third kappa shape index (κ3) is 17.8. The highest BCUT2D eigenvalue weighted by atomic mass is 32.2. The molecule has 0 aromatic rings. The molecule has 0 bridgehead atoms. The van der Waals surface area contributed by atoms with Gasteiger partial charge in [-0.25, -0.2) is 12.7 Å². The van der Waals surface area contributed by atoms with E-state index in [2.05, 4.69) is 13.8 Å². The standard InChI is InChI=1S/C3H9NO2S.C3H8.CH4/c1-4(2)7(3,5)6;1-3-2;/h1-3H3;3H2,1-2H3;1H4. The number of sulfonamides is 1. The lowest BCUT2D eigenvalue weighted by Gasteiger charge is -2.02. The Kier molecular flexibility index (Phi) is 12.5. The number of rotatable bonds is 1. The maximum Gasteiger partial charge on any atom is 0.210 e. The van der Waals surface area contributed by atoms with Crippen LogP contribution in [0.4, 0.5) is 0 Å². The van der Waals surface area contributed by atoms with Crippen LogP contribution in [-0.4, -0.2) is 33.1 Å². The van der Waals surface area contributed by atoms with Crippen molar-refractivity contribution >= 4 is 10.0 Å². The minimum Gasteiger partial charge on any atom is -0.213 e. The molecule has 0 aromatic heterocycles. The van der Waals surface area contributed by atoms with Gasteiger partial charge in [0, 0.05) is 14.1 Å². The summed E-state index contributed by atoms with van der Waals surface area (Å²) in [7, 11) is 0.0833. The Hall–Kier alpha value is -0.0900. The fourth-order valence-corrected chi connectivity index (χ4v) is 0. The Bertz CT molecular complexity index is 150. The van der Waals surface area contributed by atoms with Gasteiger partial charge in [0.05, 0.1) is 6.26 Å². The Labute approximate surface area is 71.5 Å². The van der Waals surface area contributed by atoms with Crippen LogP contribution in [-0.2, 0) is 10.0 Å². The summed E-state index contributed by atoms with van der Waals surface area (Å²) in [4.78, 5) is 0. The molecule has 0 saturated carbocycles. The molecule has 11 heavy (non-hydrogen) atoms. The molecule has 3 nitrogen and oxygen atoms in total. The van der Waals surface area contributed by atoms with Crippen molar-refractivity contribution in [3.05, 3.63) is 0 Å². The third-order valence-electron chi connectivity index (χ3n) is 0.663. The van der Waals surface area contributed by atoms with E-state index >= 15 is 0 Å². The van der Waals surface area contributed by atoms with Gasteiger partial charge in [0.2, 0.25) is 10.0 Å². The van der Waals surface area contributed by atoms with Crippen molar-refractivity contribution in [2.24, 2.45) is 0 Å². The van der Waals surface area contributed by atoms with Crippen LogP contribution in [0.1, 0.15) is 27.7 Å². The zero-order chi connectivity index (χ0) is 8.78. The van der Waals surface area contributed by atoms with Crippen LogP contribution in [0.15, 0.2) is 0 Å². The fourth-order valence-electron chi connectivity index (χ4n) is 0. The van der Waals surface area contributed by atoms with E-state index in [-0.39, 0.29) is 7.43 Å². The number of hydrogen-bond acceptors (Lipinski definition) is 2. The van der Waals surface area contributed by atoms with Crippen LogP contribution in [0, 0.1) is 0 Å². The van der Waals surface area contributed by atoms with E-state index < -0.39 is 10.0 Å². The van der Waals surface area contributed by atoms with Gasteiger partial charge in [-0.05, 0) is 0 Å². The topological polar surface area (TPSA) is 37.4 Å². The summed E-state index contributed by atoms with van der Waals surface area (Å²) in [5, 5.41) is 0. The highest BCUT2D eigenvalue weighted by Crippen LogP contribution is 1.82. The molecule has 0 amide bonds. The fraction of sp³-hybridized carbons (Fsp3) is 1.00. The molecule has 0 saturated heterocycles. The summed E-state index contributed by atoms with van der Waals surface area (Å²) in [5.74, 6) is 0. The van der Waals surface area contributed by atoms with Crippen LogP contribution < -0.4 is 0 Å². The van der Waals surface area contributed by atoms with Gasteiger partial charge in [-0.2, -0.15) is 0 Å². The monoisotopic (exact) mass is 183 g/mol. The zero-order valence-electron chi connectivity index (χ0n) is 7.38. The second kappa shape index (κ2) is 8.01. The van der Waals surface area contributed by atoms with E-state index in [1.54, 1.807) is 0 Å². The molecule has 72 valence electrons. The molecule has 0 spiro atoms. The van der Waals surface area contributed by atoms with Gasteiger partial charge in [-0.3, -0.25) is 0 Å². The van der Waals surface area contributed by atoms with E-state index in [4.69, 9.17) is 0 Å². The van der Waals surface area contributed by atoms with E-state index in [1.165, 1.54) is 20.5 Å². The van der Waals surface area contributed by atoms with E-state index in [1.807, 2.05) is 0 Å². The minimum atomic E-state index is -2.91. The molecule has 0 heterocycles. The number of hydrogen-bond donors (Lipinski definition) is 0. The second-order valence-corrected chi connectivity index (χ2v) is 4.45. The average Bonchev–Trinajstić information content (AvgIpc) is 1.64. The summed E-state index contributed by atoms with van der Waals surface area (Å²) < 4.78 is 21.7. The summed E-state index contributed by atoms with van der Waals surface area (Å²) in [5.41, 5.74) is 0. The Morgan fingerprint density at radius 2 is 1.27 bits per heavy atom. The van der Waals surface area contributed by atoms with Crippen LogP contribution in [0.3, 0.4) is 0 Å². The normalized spacial score (nSPS) is 9.64. The SMILES string of the molecule is C.CCC.CN(C)S(C)(=O)=O. The van der Waals surface area contributed by atoms with Crippen LogP contribution in [0.25, 0.3) is 0 Å². The largest absolute Gasteiger partial charge is 0.213 e. The highest BCUT2D eigenvalue weighted by molar-refractivity contribution is 7.88. The minimum absolute atomic E-state index is 0. The van der Waals surface area contributed by atoms with E-state index in [0.29, 0.717) is 0 Å². The van der Waals surface area contributed by atoms with E-state index in [9.17, 15) is 8.42 Å². The summed E-state index contributed by atoms with van der Waals surface area (Å²) in [6.07, 6.45) is 2.41. The Morgan fingerprint density at radius 1 is 1.18 bits per heavy atom. The van der Waals surface area contributed by atoms with Crippen LogP contribution >= 0.6 is 0 Å². The molecule has 0 radical (unpaired) electrons. The lowest BCUT2D eigenvalue weighted by Crippen LogP contribution is -2.19. The molecule has 0 atom stereocenters. The second-order valence-electron chi connectivity index (χ2n) is 2.25. The molecule has 0 N–H and O–H groups in total. The first-order chi connectivity index (χ1) is 4.36. The van der Waals surface area contributed by atoms with Crippen molar-refractivity contribution < 1.29 is 8.42 Å². The maximum atomic E-state index is 10.3. The molecular weight excluding hydrogens is 162 g/mol. The van der Waals surface area contributed by atoms with Crippen molar-refractivity contribution in [2.75, 3.05) is 20.4 Å². The lowest BCUT2D eigenvalue weighted by molar-refractivity contribution is 0.527. The van der Waals surface area contributed by atoms with Crippen molar-refractivity contribution in [2.45, 2.75) is 27.7 Å². The zero-order valence-corrected chi connectivity index (χ0v) is 8.20. The quantitative estimate of drug-likeness (QED) is 0.618. The molecule has 0 fully saturated rings. The average molecular weight is 183 g/mol. The first-order valence-corrected chi connectivity index (χ1v) is 5.08. The van der Waals surface area contributed by atoms with E-state index in [0.717, 1.165) is 10.6 Å².